The average molecular weight is 484 g/mol. The third-order valence-electron chi connectivity index (χ3n) is 7.31. The quantitative estimate of drug-likeness (QED) is 0.407. The summed E-state index contributed by atoms with van der Waals surface area (Å²) in [6.07, 6.45) is 5.91. The van der Waals surface area contributed by atoms with Crippen LogP contribution >= 0.6 is 0 Å². The van der Waals surface area contributed by atoms with Gasteiger partial charge in [-0.05, 0) is 56.5 Å². The van der Waals surface area contributed by atoms with Crippen LogP contribution in [-0.2, 0) is 11.2 Å². The molecule has 0 radical (unpaired) electrons. The lowest BCUT2D eigenvalue weighted by atomic mass is 10.0. The predicted octanol–water partition coefficient (Wildman–Crippen LogP) is 3.45. The summed E-state index contributed by atoms with van der Waals surface area (Å²) in [6.45, 7) is 6.88. The first-order valence-electron chi connectivity index (χ1n) is 12.5. The van der Waals surface area contributed by atoms with Gasteiger partial charge in [-0.2, -0.15) is 5.10 Å². The molecule has 0 spiro atoms. The molecular weight excluding hydrogens is 454 g/mol. The van der Waals surface area contributed by atoms with E-state index in [2.05, 4.69) is 42.2 Å². The van der Waals surface area contributed by atoms with Gasteiger partial charge >= 0.3 is 0 Å². The van der Waals surface area contributed by atoms with Crippen molar-refractivity contribution in [2.45, 2.75) is 33.1 Å². The average Bonchev–Trinajstić information content (AvgIpc) is 3.58. The van der Waals surface area contributed by atoms with Crippen molar-refractivity contribution in [3.63, 3.8) is 0 Å². The number of rotatable bonds is 6. The molecule has 9 heteroatoms. The molecule has 36 heavy (non-hydrogen) atoms. The normalized spacial score (nSPS) is 16.1. The number of hydrogen-bond acceptors (Lipinski definition) is 6. The molecule has 1 saturated heterocycles. The van der Waals surface area contributed by atoms with E-state index in [-0.39, 0.29) is 18.1 Å². The van der Waals surface area contributed by atoms with E-state index in [1.54, 1.807) is 6.20 Å². The van der Waals surface area contributed by atoms with Gasteiger partial charge in [0.15, 0.2) is 5.78 Å². The molecule has 2 fully saturated rings. The summed E-state index contributed by atoms with van der Waals surface area (Å²) in [7, 11) is 0. The molecular formula is C27H29N7O2. The number of piperazine rings is 1. The van der Waals surface area contributed by atoms with E-state index in [1.807, 2.05) is 37.1 Å². The van der Waals surface area contributed by atoms with Gasteiger partial charge in [0.2, 0.25) is 5.91 Å². The van der Waals surface area contributed by atoms with Crippen molar-refractivity contribution >= 4 is 28.5 Å². The molecule has 1 amide bonds. The van der Waals surface area contributed by atoms with Crippen molar-refractivity contribution in [1.29, 1.82) is 0 Å². The zero-order chi connectivity index (χ0) is 24.8. The number of aryl methyl sites for hydroxylation is 1. The molecule has 2 N–H and O–H groups in total. The molecule has 0 aromatic carbocycles. The van der Waals surface area contributed by atoms with Crippen molar-refractivity contribution in [2.75, 3.05) is 31.1 Å². The van der Waals surface area contributed by atoms with Crippen molar-refractivity contribution in [3.8, 4) is 11.3 Å². The fourth-order valence-electron chi connectivity index (χ4n) is 4.84. The van der Waals surface area contributed by atoms with Crippen molar-refractivity contribution in [2.24, 2.45) is 5.92 Å². The maximum atomic E-state index is 12.7. The number of nitrogens with one attached hydrogen (secondary N) is 2. The molecule has 184 valence electrons. The van der Waals surface area contributed by atoms with Crippen LogP contribution in [0.2, 0.25) is 0 Å². The van der Waals surface area contributed by atoms with Crippen LogP contribution in [0.4, 0.5) is 5.82 Å². The number of ketones is 1. The second kappa shape index (κ2) is 8.89. The Morgan fingerprint density at radius 1 is 1.06 bits per heavy atom. The standard InChI is InChI=1S/C27H29N7O2/c1-16-17(2)31-32-25(16)23(35)12-18-11-21-13-22(30-26(21)29-15-18)20-5-6-28-24(14-20)33-7-9-34(10-8-33)27(36)19-3-4-19/h5-6,11,13-15,19H,3-4,7-10,12H2,1-2H3,(H,29,30)(H,31,32). The molecule has 0 unspecified atom stereocenters. The number of carbonyl (C=O) groups excluding carboxylic acids is 2. The number of nitrogens with zero attached hydrogens (tertiary/aromatic N) is 5. The van der Waals surface area contributed by atoms with Gasteiger partial charge in [0, 0.05) is 78.8 Å². The van der Waals surface area contributed by atoms with Gasteiger partial charge < -0.3 is 14.8 Å². The summed E-state index contributed by atoms with van der Waals surface area (Å²) in [5.41, 5.74) is 5.89. The fourth-order valence-corrected chi connectivity index (χ4v) is 4.84. The largest absolute Gasteiger partial charge is 0.353 e. The van der Waals surface area contributed by atoms with Gasteiger partial charge in [-0.3, -0.25) is 14.7 Å². The Kier molecular flexibility index (Phi) is 5.55. The number of H-pyrrole nitrogens is 2. The number of aromatic amines is 2. The van der Waals surface area contributed by atoms with Gasteiger partial charge in [-0.15, -0.1) is 0 Å². The van der Waals surface area contributed by atoms with Crippen LogP contribution in [-0.4, -0.2) is 67.9 Å². The van der Waals surface area contributed by atoms with Crippen molar-refractivity contribution in [3.05, 3.63) is 59.2 Å². The third kappa shape index (κ3) is 4.25. The number of fused-ring (bicyclic) bond motifs is 1. The maximum absolute atomic E-state index is 12.7. The highest BCUT2D eigenvalue weighted by atomic mass is 16.2. The Morgan fingerprint density at radius 3 is 2.58 bits per heavy atom. The zero-order valence-electron chi connectivity index (χ0n) is 20.5. The summed E-state index contributed by atoms with van der Waals surface area (Å²) in [5, 5.41) is 7.99. The summed E-state index contributed by atoms with van der Waals surface area (Å²) >= 11 is 0. The fraction of sp³-hybridized carbons (Fsp3) is 0.370. The Labute approximate surface area is 208 Å². The molecule has 4 aromatic rings. The van der Waals surface area contributed by atoms with Crippen LogP contribution in [0.15, 0.2) is 36.7 Å². The van der Waals surface area contributed by atoms with E-state index in [9.17, 15) is 9.59 Å². The number of pyridine rings is 2. The lowest BCUT2D eigenvalue weighted by Crippen LogP contribution is -2.49. The molecule has 1 aliphatic heterocycles. The minimum Gasteiger partial charge on any atom is -0.353 e. The van der Waals surface area contributed by atoms with E-state index in [0.717, 1.165) is 84.0 Å². The van der Waals surface area contributed by atoms with Crippen LogP contribution < -0.4 is 4.90 Å². The monoisotopic (exact) mass is 483 g/mol. The molecule has 9 nitrogen and oxygen atoms in total. The van der Waals surface area contributed by atoms with Gasteiger partial charge in [0.1, 0.15) is 17.2 Å². The van der Waals surface area contributed by atoms with E-state index in [1.165, 1.54) is 0 Å². The third-order valence-corrected chi connectivity index (χ3v) is 7.31. The van der Waals surface area contributed by atoms with Crippen molar-refractivity contribution < 1.29 is 9.59 Å². The molecule has 1 aliphatic carbocycles. The number of amides is 1. The van der Waals surface area contributed by atoms with Gasteiger partial charge in [-0.1, -0.05) is 0 Å². The summed E-state index contributed by atoms with van der Waals surface area (Å²) in [5.74, 6) is 1.48. The Bertz CT molecular complexity index is 1460. The Hall–Kier alpha value is -4.01. The van der Waals surface area contributed by atoms with Gasteiger partial charge in [0.05, 0.1) is 0 Å². The Morgan fingerprint density at radius 2 is 1.86 bits per heavy atom. The number of hydrogen-bond donors (Lipinski definition) is 2. The van der Waals surface area contributed by atoms with Crippen LogP contribution in [0.5, 0.6) is 0 Å². The summed E-state index contributed by atoms with van der Waals surface area (Å²) in [4.78, 5) is 41.9. The molecule has 2 aliphatic rings. The number of aromatic nitrogens is 5. The minimum absolute atomic E-state index is 0.0218. The first-order valence-corrected chi connectivity index (χ1v) is 12.5. The first-order chi connectivity index (χ1) is 17.5. The van der Waals surface area contributed by atoms with E-state index in [4.69, 9.17) is 0 Å². The Balaban J connectivity index is 1.17. The molecule has 5 heterocycles. The molecule has 6 rings (SSSR count). The maximum Gasteiger partial charge on any atom is 0.225 e. The van der Waals surface area contributed by atoms with E-state index in [0.29, 0.717) is 11.6 Å². The molecule has 0 bridgehead atoms. The van der Waals surface area contributed by atoms with Crippen molar-refractivity contribution in [1.82, 2.24) is 30.0 Å². The van der Waals surface area contributed by atoms with Gasteiger partial charge in [-0.25, -0.2) is 9.97 Å². The van der Waals surface area contributed by atoms with Gasteiger partial charge in [0.25, 0.3) is 0 Å². The number of anilines is 1. The van der Waals surface area contributed by atoms with E-state index >= 15 is 0 Å². The van der Waals surface area contributed by atoms with Crippen LogP contribution in [0.1, 0.15) is 40.2 Å². The highest BCUT2D eigenvalue weighted by Gasteiger charge is 2.34. The topological polar surface area (TPSA) is 111 Å². The minimum atomic E-state index is -0.0218. The SMILES string of the molecule is Cc1[nH]nc(C(=O)Cc2cnc3[nH]c(-c4ccnc(N5CCN(C(=O)C6CC6)CC5)c4)cc3c2)c1C. The first kappa shape index (κ1) is 22.5. The predicted molar refractivity (Wildman–Crippen MR) is 137 cm³/mol. The highest BCUT2D eigenvalue weighted by molar-refractivity contribution is 5.97. The number of carbonyl (C=O) groups is 2. The lowest BCUT2D eigenvalue weighted by Gasteiger charge is -2.35. The van der Waals surface area contributed by atoms with Crippen LogP contribution in [0.25, 0.3) is 22.3 Å². The number of Topliss-reactive ketones (excluding diaryl/α,β-unsaturated/α-hetero) is 1. The summed E-state index contributed by atoms with van der Waals surface area (Å²) in [6, 6.07) is 8.13. The summed E-state index contributed by atoms with van der Waals surface area (Å²) < 4.78 is 0. The van der Waals surface area contributed by atoms with E-state index < -0.39 is 0 Å². The molecule has 4 aromatic heterocycles. The molecule has 0 atom stereocenters. The van der Waals surface area contributed by atoms with Crippen LogP contribution in [0, 0.1) is 19.8 Å². The highest BCUT2D eigenvalue weighted by Crippen LogP contribution is 2.32. The lowest BCUT2D eigenvalue weighted by molar-refractivity contribution is -0.132. The second-order valence-corrected chi connectivity index (χ2v) is 9.88. The zero-order valence-corrected chi connectivity index (χ0v) is 20.5. The van der Waals surface area contributed by atoms with Crippen LogP contribution in [0.3, 0.4) is 0 Å². The molecule has 1 saturated carbocycles. The smallest absolute Gasteiger partial charge is 0.225 e. The second-order valence-electron chi connectivity index (χ2n) is 9.88.